The summed E-state index contributed by atoms with van der Waals surface area (Å²) in [4.78, 5) is 0. The normalized spacial score (nSPS) is 13.5. The summed E-state index contributed by atoms with van der Waals surface area (Å²) in [5, 5.41) is 13.7. The molecule has 5 nitrogen and oxygen atoms in total. The Bertz CT molecular complexity index is 610. The molecule has 0 amide bonds. The van der Waals surface area contributed by atoms with Gasteiger partial charge in [0.1, 0.15) is 0 Å². The van der Waals surface area contributed by atoms with Gasteiger partial charge < -0.3 is 5.32 Å². The predicted octanol–water partition coefficient (Wildman–Crippen LogP) is 2.61. The van der Waals surface area contributed by atoms with Crippen LogP contribution in [0, 0.1) is 0 Å². The molecule has 0 radical (unpaired) electrons. The van der Waals surface area contributed by atoms with Gasteiger partial charge in [-0.1, -0.05) is 11.6 Å². The smallest absolute Gasteiger partial charge is 0.311 e. The van der Waals surface area contributed by atoms with Crippen LogP contribution < -0.4 is 5.32 Å². The number of nitrogens with one attached hydrogen (secondary N) is 1. The summed E-state index contributed by atoms with van der Waals surface area (Å²) in [6, 6.07) is 3.16. The second kappa shape index (κ2) is 5.37. The summed E-state index contributed by atoms with van der Waals surface area (Å²) in [6.07, 6.45) is -4.55. The highest BCUT2D eigenvalue weighted by molar-refractivity contribution is 6.30. The molecule has 1 aromatic heterocycles. The lowest BCUT2D eigenvalue weighted by atomic mass is 10.1. The minimum absolute atomic E-state index is 0.00244. The Morgan fingerprint density at radius 3 is 2.65 bits per heavy atom. The van der Waals surface area contributed by atoms with Gasteiger partial charge in [-0.15, -0.1) is 5.10 Å². The minimum Gasteiger partial charge on any atom is -0.311 e. The summed E-state index contributed by atoms with van der Waals surface area (Å²) >= 11 is 5.64. The lowest BCUT2D eigenvalue weighted by Crippen LogP contribution is -2.20. The lowest BCUT2D eigenvalue weighted by molar-refractivity contribution is -0.137. The first-order valence-corrected chi connectivity index (χ1v) is 6.05. The number of rotatable bonds is 3. The average Bonchev–Trinajstić information content (AvgIpc) is 2.85. The minimum atomic E-state index is -4.55. The van der Waals surface area contributed by atoms with Gasteiger partial charge in [0.25, 0.3) is 0 Å². The molecule has 1 N–H and O–H groups in total. The first kappa shape index (κ1) is 14.7. The molecule has 0 aliphatic heterocycles. The fourth-order valence-electron chi connectivity index (χ4n) is 1.68. The molecule has 20 heavy (non-hydrogen) atoms. The van der Waals surface area contributed by atoms with E-state index in [0.29, 0.717) is 0 Å². The van der Waals surface area contributed by atoms with E-state index >= 15 is 0 Å². The molecule has 2 aromatic rings. The van der Waals surface area contributed by atoms with Crippen molar-refractivity contribution < 1.29 is 13.2 Å². The zero-order chi connectivity index (χ0) is 14.9. The van der Waals surface area contributed by atoms with Gasteiger partial charge in [0.15, 0.2) is 5.82 Å². The van der Waals surface area contributed by atoms with Crippen molar-refractivity contribution in [3.05, 3.63) is 34.6 Å². The van der Waals surface area contributed by atoms with E-state index in [-0.39, 0.29) is 22.6 Å². The Labute approximate surface area is 117 Å². The van der Waals surface area contributed by atoms with E-state index in [0.717, 1.165) is 10.7 Å². The Balaban J connectivity index is 2.62. The number of tetrazole rings is 1. The molecule has 0 aliphatic carbocycles. The molecule has 0 aliphatic rings. The van der Waals surface area contributed by atoms with E-state index < -0.39 is 11.7 Å². The number of aromatic nitrogens is 4. The monoisotopic (exact) mass is 305 g/mol. The zero-order valence-electron chi connectivity index (χ0n) is 10.6. The standard InChI is InChI=1S/C11H11ClF3N5/c1-6(16-2)10-17-18-19-20(10)9-4-3-7(12)5-8(9)11(13,14)15/h3-6,16H,1-2H3. The second-order valence-corrected chi connectivity index (χ2v) is 4.55. The van der Waals surface area contributed by atoms with E-state index in [1.165, 1.54) is 12.1 Å². The highest BCUT2D eigenvalue weighted by Crippen LogP contribution is 2.35. The van der Waals surface area contributed by atoms with Gasteiger partial charge in [-0.25, -0.2) is 0 Å². The van der Waals surface area contributed by atoms with Crippen LogP contribution in [-0.4, -0.2) is 27.3 Å². The molecule has 0 saturated carbocycles. The molecule has 1 heterocycles. The van der Waals surface area contributed by atoms with Gasteiger partial charge in [-0.2, -0.15) is 17.9 Å². The molecule has 1 unspecified atom stereocenters. The molecule has 9 heteroatoms. The van der Waals surface area contributed by atoms with E-state index in [1.54, 1.807) is 14.0 Å². The van der Waals surface area contributed by atoms with Crippen molar-refractivity contribution in [2.24, 2.45) is 0 Å². The molecular formula is C11H11ClF3N5. The van der Waals surface area contributed by atoms with Crippen LogP contribution in [-0.2, 0) is 6.18 Å². The van der Waals surface area contributed by atoms with E-state index in [9.17, 15) is 13.2 Å². The first-order chi connectivity index (χ1) is 9.34. The van der Waals surface area contributed by atoms with Crippen LogP contribution in [0.4, 0.5) is 13.2 Å². The third-order valence-corrected chi connectivity index (χ3v) is 3.04. The summed E-state index contributed by atoms with van der Waals surface area (Å²) < 4.78 is 40.3. The van der Waals surface area contributed by atoms with Gasteiger partial charge >= 0.3 is 6.18 Å². The van der Waals surface area contributed by atoms with Crippen LogP contribution in [0.1, 0.15) is 24.4 Å². The lowest BCUT2D eigenvalue weighted by Gasteiger charge is -2.15. The van der Waals surface area contributed by atoms with Gasteiger partial charge in [-0.3, -0.25) is 0 Å². The number of nitrogens with zero attached hydrogens (tertiary/aromatic N) is 4. The van der Waals surface area contributed by atoms with Crippen molar-refractivity contribution in [3.63, 3.8) is 0 Å². The molecule has 1 atom stereocenters. The van der Waals surface area contributed by atoms with E-state index in [1.807, 2.05) is 0 Å². The van der Waals surface area contributed by atoms with Gasteiger partial charge in [0.05, 0.1) is 17.3 Å². The van der Waals surface area contributed by atoms with Crippen molar-refractivity contribution in [2.75, 3.05) is 7.05 Å². The van der Waals surface area contributed by atoms with Crippen molar-refractivity contribution >= 4 is 11.6 Å². The maximum absolute atomic E-state index is 13.1. The SMILES string of the molecule is CNC(C)c1nnnn1-c1ccc(Cl)cc1C(F)(F)F. The summed E-state index contributed by atoms with van der Waals surface area (Å²) in [5.74, 6) is 0.278. The average molecular weight is 306 g/mol. The van der Waals surface area contributed by atoms with Crippen LogP contribution in [0.3, 0.4) is 0 Å². The van der Waals surface area contributed by atoms with Gasteiger partial charge in [-0.05, 0) is 42.6 Å². The molecular weight excluding hydrogens is 295 g/mol. The third kappa shape index (κ3) is 2.75. The van der Waals surface area contributed by atoms with Crippen LogP contribution in [0.25, 0.3) is 5.69 Å². The highest BCUT2D eigenvalue weighted by Gasteiger charge is 2.35. The zero-order valence-corrected chi connectivity index (χ0v) is 11.4. The maximum Gasteiger partial charge on any atom is 0.418 e. The molecule has 0 saturated heterocycles. The molecule has 0 bridgehead atoms. The Morgan fingerprint density at radius 2 is 2.05 bits per heavy atom. The van der Waals surface area contributed by atoms with Crippen LogP contribution in [0.2, 0.25) is 5.02 Å². The summed E-state index contributed by atoms with van der Waals surface area (Å²) in [5.41, 5.74) is -1.05. The molecule has 2 rings (SSSR count). The van der Waals surface area contributed by atoms with Crippen LogP contribution in [0.5, 0.6) is 0 Å². The number of hydrogen-bond acceptors (Lipinski definition) is 4. The number of alkyl halides is 3. The molecule has 0 fully saturated rings. The van der Waals surface area contributed by atoms with Crippen molar-refractivity contribution in [1.29, 1.82) is 0 Å². The van der Waals surface area contributed by atoms with Crippen molar-refractivity contribution in [3.8, 4) is 5.69 Å². The van der Waals surface area contributed by atoms with Gasteiger partial charge in [0, 0.05) is 5.02 Å². The number of benzene rings is 1. The largest absolute Gasteiger partial charge is 0.418 e. The first-order valence-electron chi connectivity index (χ1n) is 5.67. The fourth-order valence-corrected chi connectivity index (χ4v) is 1.86. The van der Waals surface area contributed by atoms with E-state index in [4.69, 9.17) is 11.6 Å². The summed E-state index contributed by atoms with van der Waals surface area (Å²) in [7, 11) is 1.66. The third-order valence-electron chi connectivity index (χ3n) is 2.81. The van der Waals surface area contributed by atoms with Crippen molar-refractivity contribution in [1.82, 2.24) is 25.5 Å². The van der Waals surface area contributed by atoms with Gasteiger partial charge in [0.2, 0.25) is 0 Å². The molecule has 108 valence electrons. The Morgan fingerprint density at radius 1 is 1.35 bits per heavy atom. The number of hydrogen-bond donors (Lipinski definition) is 1. The summed E-state index contributed by atoms with van der Waals surface area (Å²) in [6.45, 7) is 1.74. The Hall–Kier alpha value is -1.67. The molecule has 1 aromatic carbocycles. The predicted molar refractivity (Wildman–Crippen MR) is 66.6 cm³/mol. The van der Waals surface area contributed by atoms with Crippen LogP contribution >= 0.6 is 11.6 Å². The number of halogens is 4. The van der Waals surface area contributed by atoms with E-state index in [2.05, 4.69) is 20.8 Å². The quantitative estimate of drug-likeness (QED) is 0.947. The topological polar surface area (TPSA) is 55.6 Å². The molecule has 0 spiro atoms. The van der Waals surface area contributed by atoms with Crippen molar-refractivity contribution in [2.45, 2.75) is 19.1 Å². The highest BCUT2D eigenvalue weighted by atomic mass is 35.5. The van der Waals surface area contributed by atoms with Crippen LogP contribution in [0.15, 0.2) is 18.2 Å². The maximum atomic E-state index is 13.1. The second-order valence-electron chi connectivity index (χ2n) is 4.12. The Kier molecular flexibility index (Phi) is 3.96. The fraction of sp³-hybridized carbons (Fsp3) is 0.364.